The number of carbonyl (C=O) groups is 1. The monoisotopic (exact) mass is 478 g/mol. The summed E-state index contributed by atoms with van der Waals surface area (Å²) in [6.07, 6.45) is -10.3. The first kappa shape index (κ1) is 24.2. The highest BCUT2D eigenvalue weighted by Gasteiger charge is 2.63. The second kappa shape index (κ2) is 9.02. The minimum absolute atomic E-state index is 0.0103. The van der Waals surface area contributed by atoms with Gasteiger partial charge in [0.2, 0.25) is 11.4 Å². The number of ketones is 1. The number of hydrogen-bond donors (Lipinski definition) is 6. The number of methoxy groups -OCH3 is 2. The zero-order valence-corrected chi connectivity index (χ0v) is 18.4. The Balaban J connectivity index is 1.98. The number of aromatic hydroxyl groups is 1. The predicted octanol–water partition coefficient (Wildman–Crippen LogP) is -0.858. The summed E-state index contributed by atoms with van der Waals surface area (Å²) < 4.78 is 22.3. The summed E-state index contributed by atoms with van der Waals surface area (Å²) in [4.78, 5) is 13.9. The molecule has 1 saturated heterocycles. The van der Waals surface area contributed by atoms with E-state index in [4.69, 9.17) is 18.9 Å². The summed E-state index contributed by atoms with van der Waals surface area (Å²) in [5.41, 5.74) is -2.24. The van der Waals surface area contributed by atoms with Crippen LogP contribution in [0.3, 0.4) is 0 Å². The number of benzene rings is 2. The third kappa shape index (κ3) is 3.57. The highest BCUT2D eigenvalue weighted by atomic mass is 16.6. The van der Waals surface area contributed by atoms with Crippen molar-refractivity contribution in [2.75, 3.05) is 20.8 Å². The molecule has 34 heavy (non-hydrogen) atoms. The van der Waals surface area contributed by atoms with Crippen LogP contribution in [-0.4, -0.2) is 87.8 Å². The van der Waals surface area contributed by atoms with Gasteiger partial charge in [-0.15, -0.1) is 0 Å². The molecule has 0 amide bonds. The summed E-state index contributed by atoms with van der Waals surface area (Å²) in [6.45, 7) is -0.739. The number of ether oxygens (including phenoxy) is 4. The smallest absolute Gasteiger partial charge is 0.223 e. The molecular weight excluding hydrogens is 452 g/mol. The number of fused-ring (bicyclic) bond motifs is 1. The van der Waals surface area contributed by atoms with Crippen molar-refractivity contribution < 1.29 is 54.4 Å². The molecule has 2 aromatic carbocycles. The second-order valence-electron chi connectivity index (χ2n) is 8.15. The lowest BCUT2D eigenvalue weighted by Gasteiger charge is -2.50. The molecule has 0 spiro atoms. The van der Waals surface area contributed by atoms with Crippen LogP contribution in [0.4, 0.5) is 0 Å². The zero-order valence-electron chi connectivity index (χ0n) is 18.4. The lowest BCUT2D eigenvalue weighted by molar-refractivity contribution is -0.266. The van der Waals surface area contributed by atoms with Crippen LogP contribution in [0, 0.1) is 0 Å². The second-order valence-corrected chi connectivity index (χ2v) is 8.15. The van der Waals surface area contributed by atoms with E-state index < -0.39 is 54.6 Å². The van der Waals surface area contributed by atoms with Crippen molar-refractivity contribution in [3.05, 3.63) is 47.5 Å². The van der Waals surface area contributed by atoms with Crippen LogP contribution in [0.5, 0.6) is 23.0 Å². The fourth-order valence-electron chi connectivity index (χ4n) is 4.52. The molecule has 2 heterocycles. The topological polar surface area (TPSA) is 175 Å². The third-order valence-corrected chi connectivity index (χ3v) is 6.26. The molecular formula is C23H26O11. The fraction of sp³-hybridized carbons (Fsp3) is 0.435. The Morgan fingerprint density at radius 1 is 1.00 bits per heavy atom. The number of rotatable bonds is 5. The third-order valence-electron chi connectivity index (χ3n) is 6.26. The Labute approximate surface area is 194 Å². The van der Waals surface area contributed by atoms with E-state index >= 15 is 0 Å². The number of phenolic OH excluding ortho intramolecular Hbond substituents is 1. The van der Waals surface area contributed by atoms with Crippen LogP contribution >= 0.6 is 0 Å². The summed E-state index contributed by atoms with van der Waals surface area (Å²) in [7, 11) is 2.68. The van der Waals surface area contributed by atoms with Gasteiger partial charge in [-0.1, -0.05) is 12.1 Å². The van der Waals surface area contributed by atoms with Gasteiger partial charge in [-0.2, -0.15) is 0 Å². The van der Waals surface area contributed by atoms with E-state index in [9.17, 15) is 35.4 Å². The van der Waals surface area contributed by atoms with Crippen LogP contribution in [0.1, 0.15) is 17.2 Å². The molecule has 6 N–H and O–H groups in total. The van der Waals surface area contributed by atoms with E-state index in [1.165, 1.54) is 32.4 Å². The molecule has 4 rings (SSSR count). The van der Waals surface area contributed by atoms with Gasteiger partial charge in [0.15, 0.2) is 0 Å². The molecule has 2 aliphatic rings. The number of aliphatic hydroxyl groups is 5. The van der Waals surface area contributed by atoms with Gasteiger partial charge in [0.25, 0.3) is 0 Å². The maximum absolute atomic E-state index is 13.9. The van der Waals surface area contributed by atoms with Gasteiger partial charge in [-0.3, -0.25) is 4.79 Å². The molecule has 2 unspecified atom stereocenters. The predicted molar refractivity (Wildman–Crippen MR) is 114 cm³/mol. The molecule has 0 saturated carbocycles. The average molecular weight is 478 g/mol. The first-order valence-corrected chi connectivity index (χ1v) is 10.5. The maximum Gasteiger partial charge on any atom is 0.223 e. The van der Waals surface area contributed by atoms with Gasteiger partial charge in [0, 0.05) is 17.7 Å². The Kier molecular flexibility index (Phi) is 6.42. The fourth-order valence-corrected chi connectivity index (χ4v) is 4.52. The molecule has 0 radical (unpaired) electrons. The maximum atomic E-state index is 13.9. The van der Waals surface area contributed by atoms with Crippen LogP contribution in [-0.2, 0) is 15.1 Å². The van der Waals surface area contributed by atoms with Crippen molar-refractivity contribution >= 4 is 5.78 Å². The van der Waals surface area contributed by atoms with E-state index in [0.29, 0.717) is 5.75 Å². The van der Waals surface area contributed by atoms with Crippen LogP contribution in [0.25, 0.3) is 0 Å². The van der Waals surface area contributed by atoms with Gasteiger partial charge in [0.05, 0.1) is 26.4 Å². The Bertz CT molecular complexity index is 1070. The van der Waals surface area contributed by atoms with E-state index in [-0.39, 0.29) is 28.4 Å². The van der Waals surface area contributed by atoms with Gasteiger partial charge < -0.3 is 49.6 Å². The van der Waals surface area contributed by atoms with Gasteiger partial charge in [-0.05, 0) is 12.1 Å². The molecule has 1 fully saturated rings. The quantitative estimate of drug-likeness (QED) is 0.315. The molecule has 7 atom stereocenters. The average Bonchev–Trinajstić information content (AvgIpc) is 2.84. The molecule has 0 aliphatic carbocycles. The Hall–Kier alpha value is -2.93. The highest BCUT2D eigenvalue weighted by molar-refractivity contribution is 5.97. The SMILES string of the molecule is COc1cccc(C2([C@@H]3O[C@H](CO)[C@@H](O)[C@H](O)[C@H]3O)Oc3cc(O)cc(OC)c3C(O)C2=O)c1. The van der Waals surface area contributed by atoms with Crippen molar-refractivity contribution in [1.82, 2.24) is 0 Å². The molecule has 2 aromatic rings. The van der Waals surface area contributed by atoms with E-state index in [0.717, 1.165) is 6.07 Å². The standard InChI is InChI=1S/C23H26O11/c1-31-12-5-3-4-10(6-12)23(22-20(29)19(28)17(26)15(9-24)33-22)21(30)18(27)16-13(32-2)7-11(25)8-14(16)34-23/h3-8,15,17-20,22,24-29H,9H2,1-2H3/t15-,17-,18?,19+,20-,22-,23?/m1/s1. The highest BCUT2D eigenvalue weighted by Crippen LogP contribution is 2.51. The summed E-state index contributed by atoms with van der Waals surface area (Å²) >= 11 is 0. The van der Waals surface area contributed by atoms with Gasteiger partial charge in [0.1, 0.15) is 59.6 Å². The lowest BCUT2D eigenvalue weighted by Crippen LogP contribution is -2.68. The lowest BCUT2D eigenvalue weighted by atomic mass is 9.73. The zero-order chi connectivity index (χ0) is 24.8. The summed E-state index contributed by atoms with van der Waals surface area (Å²) in [5.74, 6) is -1.09. The largest absolute Gasteiger partial charge is 0.508 e. The number of carbonyl (C=O) groups excluding carboxylic acids is 1. The summed E-state index contributed by atoms with van der Waals surface area (Å²) in [5, 5.41) is 62.5. The van der Waals surface area contributed by atoms with Crippen molar-refractivity contribution in [3.8, 4) is 23.0 Å². The first-order chi connectivity index (χ1) is 16.2. The van der Waals surface area contributed by atoms with Crippen molar-refractivity contribution in [1.29, 1.82) is 0 Å². The molecule has 0 bridgehead atoms. The summed E-state index contributed by atoms with van der Waals surface area (Å²) in [6, 6.07) is 8.40. The van der Waals surface area contributed by atoms with Crippen LogP contribution in [0.2, 0.25) is 0 Å². The minimum Gasteiger partial charge on any atom is -0.508 e. The van der Waals surface area contributed by atoms with Crippen LogP contribution < -0.4 is 14.2 Å². The normalized spacial score (nSPS) is 33.1. The number of hydrogen-bond acceptors (Lipinski definition) is 11. The molecule has 11 nitrogen and oxygen atoms in total. The van der Waals surface area contributed by atoms with Gasteiger partial charge in [-0.25, -0.2) is 0 Å². The Morgan fingerprint density at radius 3 is 2.38 bits per heavy atom. The molecule has 11 heteroatoms. The van der Waals surface area contributed by atoms with E-state index in [1.54, 1.807) is 12.1 Å². The number of aliphatic hydroxyl groups excluding tert-OH is 5. The van der Waals surface area contributed by atoms with Crippen molar-refractivity contribution in [3.63, 3.8) is 0 Å². The first-order valence-electron chi connectivity index (χ1n) is 10.5. The molecule has 2 aliphatic heterocycles. The Morgan fingerprint density at radius 2 is 1.74 bits per heavy atom. The number of phenols is 1. The van der Waals surface area contributed by atoms with Crippen molar-refractivity contribution in [2.24, 2.45) is 0 Å². The van der Waals surface area contributed by atoms with Crippen LogP contribution in [0.15, 0.2) is 36.4 Å². The van der Waals surface area contributed by atoms with Gasteiger partial charge >= 0.3 is 0 Å². The minimum atomic E-state index is -2.28. The molecule has 184 valence electrons. The number of Topliss-reactive ketones (excluding diaryl/α,β-unsaturated/α-hetero) is 1. The van der Waals surface area contributed by atoms with Crippen molar-refractivity contribution in [2.45, 2.75) is 42.2 Å². The molecule has 0 aromatic heterocycles. The van der Waals surface area contributed by atoms with E-state index in [1.807, 2.05) is 0 Å². The van der Waals surface area contributed by atoms with E-state index in [2.05, 4.69) is 0 Å².